The highest BCUT2D eigenvalue weighted by Crippen LogP contribution is 2.16. The first-order chi connectivity index (χ1) is 9.08. The second kappa shape index (κ2) is 5.61. The van der Waals surface area contributed by atoms with E-state index < -0.39 is 0 Å². The fraction of sp³-hybridized carbons (Fsp3) is 0.273. The van der Waals surface area contributed by atoms with Crippen LogP contribution in [-0.2, 0) is 16.0 Å². The van der Waals surface area contributed by atoms with Gasteiger partial charge in [0.15, 0.2) is 10.8 Å². The molecule has 100 valence electrons. The molecule has 7 nitrogen and oxygen atoms in total. The Hall–Kier alpha value is -2.22. The van der Waals surface area contributed by atoms with Crippen LogP contribution < -0.4 is 5.32 Å². The molecule has 0 fully saturated rings. The molecular weight excluding hydrogens is 268 g/mol. The SMILES string of the molecule is COC(=O)Cc1csc(NC(=O)c2cc(C)[nH]n2)n1. The Morgan fingerprint density at radius 1 is 1.53 bits per heavy atom. The molecule has 1 amide bonds. The highest BCUT2D eigenvalue weighted by Gasteiger charge is 2.13. The third kappa shape index (κ3) is 3.38. The monoisotopic (exact) mass is 280 g/mol. The molecule has 2 rings (SSSR count). The first kappa shape index (κ1) is 13.2. The molecule has 2 aromatic heterocycles. The predicted molar refractivity (Wildman–Crippen MR) is 69.1 cm³/mol. The number of aromatic amines is 1. The van der Waals surface area contributed by atoms with Crippen molar-refractivity contribution in [2.75, 3.05) is 12.4 Å². The van der Waals surface area contributed by atoms with Crippen LogP contribution in [0.15, 0.2) is 11.4 Å². The number of nitrogens with one attached hydrogen (secondary N) is 2. The van der Waals surface area contributed by atoms with Crippen LogP contribution in [0.4, 0.5) is 5.13 Å². The molecule has 0 aromatic carbocycles. The second-order valence-corrected chi connectivity index (χ2v) is 4.65. The third-order valence-corrected chi connectivity index (χ3v) is 3.07. The number of methoxy groups -OCH3 is 1. The smallest absolute Gasteiger partial charge is 0.311 e. The number of carbonyl (C=O) groups is 2. The zero-order chi connectivity index (χ0) is 13.8. The second-order valence-electron chi connectivity index (χ2n) is 3.79. The fourth-order valence-electron chi connectivity index (χ4n) is 1.36. The van der Waals surface area contributed by atoms with E-state index in [1.807, 2.05) is 6.92 Å². The first-order valence-electron chi connectivity index (χ1n) is 5.43. The van der Waals surface area contributed by atoms with Crippen LogP contribution in [0.3, 0.4) is 0 Å². The summed E-state index contributed by atoms with van der Waals surface area (Å²) in [4.78, 5) is 27.0. The number of thiazole rings is 1. The van der Waals surface area contributed by atoms with E-state index in [9.17, 15) is 9.59 Å². The molecule has 8 heteroatoms. The van der Waals surface area contributed by atoms with Gasteiger partial charge in [0.2, 0.25) is 0 Å². The first-order valence-corrected chi connectivity index (χ1v) is 6.31. The van der Waals surface area contributed by atoms with Gasteiger partial charge >= 0.3 is 5.97 Å². The van der Waals surface area contributed by atoms with Crippen LogP contribution in [-0.4, -0.2) is 34.2 Å². The quantitative estimate of drug-likeness (QED) is 0.819. The Bertz CT molecular complexity index is 605. The lowest BCUT2D eigenvalue weighted by atomic mass is 10.3. The van der Waals surface area contributed by atoms with Crippen LogP contribution in [0, 0.1) is 6.92 Å². The van der Waals surface area contributed by atoms with E-state index in [0.29, 0.717) is 16.5 Å². The molecule has 0 aliphatic heterocycles. The standard InChI is InChI=1S/C11H12N4O3S/c1-6-3-8(15-14-6)10(17)13-11-12-7(5-19-11)4-9(16)18-2/h3,5H,4H2,1-2H3,(H,14,15)(H,12,13,17). The molecule has 0 aliphatic rings. The van der Waals surface area contributed by atoms with Crippen LogP contribution in [0.2, 0.25) is 0 Å². The van der Waals surface area contributed by atoms with E-state index in [1.54, 1.807) is 11.4 Å². The summed E-state index contributed by atoms with van der Waals surface area (Å²) in [5.41, 5.74) is 1.66. The van der Waals surface area contributed by atoms with Crippen molar-refractivity contribution in [2.24, 2.45) is 0 Å². The van der Waals surface area contributed by atoms with E-state index in [1.165, 1.54) is 18.4 Å². The van der Waals surface area contributed by atoms with Gasteiger partial charge in [0.1, 0.15) is 0 Å². The Labute approximate surface area is 113 Å². The highest BCUT2D eigenvalue weighted by molar-refractivity contribution is 7.14. The molecule has 2 aromatic rings. The summed E-state index contributed by atoms with van der Waals surface area (Å²) in [5, 5.41) is 11.3. The van der Waals surface area contributed by atoms with Crippen molar-refractivity contribution in [3.8, 4) is 0 Å². The molecule has 0 saturated heterocycles. The van der Waals surface area contributed by atoms with E-state index in [2.05, 4.69) is 25.2 Å². The fourth-order valence-corrected chi connectivity index (χ4v) is 2.07. The van der Waals surface area contributed by atoms with Crippen molar-refractivity contribution < 1.29 is 14.3 Å². The normalized spacial score (nSPS) is 10.2. The number of H-pyrrole nitrogens is 1. The maximum atomic E-state index is 11.8. The number of anilines is 1. The number of amides is 1. The molecule has 0 aliphatic carbocycles. The number of rotatable bonds is 4. The third-order valence-electron chi connectivity index (χ3n) is 2.26. The number of aromatic nitrogens is 3. The van der Waals surface area contributed by atoms with Crippen LogP contribution in [0.25, 0.3) is 0 Å². The summed E-state index contributed by atoms with van der Waals surface area (Å²) in [6.07, 6.45) is 0.0877. The van der Waals surface area contributed by atoms with Gasteiger partial charge in [0.05, 0.1) is 19.2 Å². The average molecular weight is 280 g/mol. The summed E-state index contributed by atoms with van der Waals surface area (Å²) >= 11 is 1.24. The number of carbonyl (C=O) groups excluding carboxylic acids is 2. The molecule has 2 N–H and O–H groups in total. The number of aryl methyl sites for hydroxylation is 1. The van der Waals surface area contributed by atoms with Crippen molar-refractivity contribution in [1.29, 1.82) is 0 Å². The van der Waals surface area contributed by atoms with Gasteiger partial charge in [-0.3, -0.25) is 20.0 Å². The Morgan fingerprint density at radius 3 is 2.95 bits per heavy atom. The van der Waals surface area contributed by atoms with Crippen molar-refractivity contribution in [1.82, 2.24) is 15.2 Å². The van der Waals surface area contributed by atoms with Crippen LogP contribution in [0.1, 0.15) is 21.9 Å². The lowest BCUT2D eigenvalue weighted by Gasteiger charge is -1.97. The molecule has 0 atom stereocenters. The van der Waals surface area contributed by atoms with Gasteiger partial charge in [0, 0.05) is 11.1 Å². The maximum Gasteiger partial charge on any atom is 0.311 e. The highest BCUT2D eigenvalue weighted by atomic mass is 32.1. The van der Waals surface area contributed by atoms with Gasteiger partial charge in [-0.05, 0) is 13.0 Å². The average Bonchev–Trinajstić information content (AvgIpc) is 2.98. The minimum atomic E-state index is -0.369. The number of ether oxygens (including phenoxy) is 1. The molecule has 0 saturated carbocycles. The predicted octanol–water partition coefficient (Wildman–Crippen LogP) is 1.14. The van der Waals surface area contributed by atoms with Crippen molar-refractivity contribution in [3.63, 3.8) is 0 Å². The Kier molecular flexibility index (Phi) is 3.91. The number of hydrogen-bond donors (Lipinski definition) is 2. The van der Waals surface area contributed by atoms with Crippen LogP contribution >= 0.6 is 11.3 Å². The van der Waals surface area contributed by atoms with Crippen molar-refractivity contribution >= 4 is 28.3 Å². The summed E-state index contributed by atoms with van der Waals surface area (Å²) in [6, 6.07) is 1.64. The zero-order valence-corrected chi connectivity index (χ0v) is 11.2. The van der Waals surface area contributed by atoms with Crippen molar-refractivity contribution in [3.05, 3.63) is 28.5 Å². The van der Waals surface area contributed by atoms with Gasteiger partial charge in [0.25, 0.3) is 5.91 Å². The van der Waals surface area contributed by atoms with E-state index in [4.69, 9.17) is 0 Å². The number of nitrogens with zero attached hydrogens (tertiary/aromatic N) is 2. The summed E-state index contributed by atoms with van der Waals surface area (Å²) in [7, 11) is 1.32. The lowest BCUT2D eigenvalue weighted by Crippen LogP contribution is -2.12. The molecule has 0 unspecified atom stereocenters. The Balaban J connectivity index is 2.00. The molecule has 2 heterocycles. The van der Waals surface area contributed by atoms with Crippen LogP contribution in [0.5, 0.6) is 0 Å². The van der Waals surface area contributed by atoms with E-state index >= 15 is 0 Å². The van der Waals surface area contributed by atoms with Gasteiger partial charge in [-0.1, -0.05) is 0 Å². The Morgan fingerprint density at radius 2 is 2.32 bits per heavy atom. The van der Waals surface area contributed by atoms with Gasteiger partial charge in [-0.2, -0.15) is 5.10 Å². The van der Waals surface area contributed by atoms with Crippen molar-refractivity contribution in [2.45, 2.75) is 13.3 Å². The minimum absolute atomic E-state index is 0.0877. The summed E-state index contributed by atoms with van der Waals surface area (Å²) < 4.78 is 4.54. The number of esters is 1. The van der Waals surface area contributed by atoms with Gasteiger partial charge in [-0.25, -0.2) is 4.98 Å². The van der Waals surface area contributed by atoms with E-state index in [0.717, 1.165) is 5.69 Å². The molecular formula is C11H12N4O3S. The number of hydrogen-bond acceptors (Lipinski definition) is 6. The molecule has 0 bridgehead atoms. The lowest BCUT2D eigenvalue weighted by molar-refractivity contribution is -0.139. The van der Waals surface area contributed by atoms with Gasteiger partial charge in [-0.15, -0.1) is 11.3 Å². The topological polar surface area (TPSA) is 97.0 Å². The van der Waals surface area contributed by atoms with E-state index in [-0.39, 0.29) is 18.3 Å². The molecule has 0 radical (unpaired) electrons. The summed E-state index contributed by atoms with van der Waals surface area (Å²) in [5.74, 6) is -0.713. The summed E-state index contributed by atoms with van der Waals surface area (Å²) in [6.45, 7) is 1.81. The molecule has 0 spiro atoms. The minimum Gasteiger partial charge on any atom is -0.469 e. The zero-order valence-electron chi connectivity index (χ0n) is 10.4. The molecule has 19 heavy (non-hydrogen) atoms. The largest absolute Gasteiger partial charge is 0.469 e. The van der Waals surface area contributed by atoms with Gasteiger partial charge < -0.3 is 4.74 Å². The maximum absolute atomic E-state index is 11.8.